The Kier molecular flexibility index (Phi) is 4.33. The highest BCUT2D eigenvalue weighted by molar-refractivity contribution is 5.38. The summed E-state index contributed by atoms with van der Waals surface area (Å²) in [6.07, 6.45) is 1.72. The summed E-state index contributed by atoms with van der Waals surface area (Å²) in [5, 5.41) is 7.23. The minimum absolute atomic E-state index is 0.0407. The van der Waals surface area contributed by atoms with Crippen molar-refractivity contribution in [2.45, 2.75) is 19.6 Å². The van der Waals surface area contributed by atoms with E-state index in [2.05, 4.69) is 22.4 Å². The first-order chi connectivity index (χ1) is 8.69. The number of anilines is 1. The zero-order valence-corrected chi connectivity index (χ0v) is 10.9. The second kappa shape index (κ2) is 5.97. The number of aromatic nitrogens is 2. The number of ether oxygens (including phenoxy) is 1. The molecular weight excluding hydrogens is 232 g/mol. The topological polar surface area (TPSA) is 59.4 Å². The molecular formula is C12H20N4O2. The first-order valence-electron chi connectivity index (χ1n) is 6.30. The Morgan fingerprint density at radius 1 is 1.61 bits per heavy atom. The molecule has 0 aromatic carbocycles. The second-order valence-corrected chi connectivity index (χ2v) is 4.55. The lowest BCUT2D eigenvalue weighted by molar-refractivity contribution is -0.0296. The highest BCUT2D eigenvalue weighted by Crippen LogP contribution is 2.05. The summed E-state index contributed by atoms with van der Waals surface area (Å²) in [6.45, 7) is 5.77. The van der Waals surface area contributed by atoms with Crippen LogP contribution in [0.25, 0.3) is 0 Å². The molecule has 18 heavy (non-hydrogen) atoms. The lowest BCUT2D eigenvalue weighted by Crippen LogP contribution is -2.43. The van der Waals surface area contributed by atoms with Crippen LogP contribution in [0.4, 0.5) is 5.69 Å². The van der Waals surface area contributed by atoms with Crippen LogP contribution in [0.3, 0.4) is 0 Å². The summed E-state index contributed by atoms with van der Waals surface area (Å²) in [5.74, 6) is 0. The van der Waals surface area contributed by atoms with Crippen LogP contribution in [-0.2, 0) is 11.3 Å². The van der Waals surface area contributed by atoms with E-state index in [1.165, 1.54) is 4.68 Å². The van der Waals surface area contributed by atoms with Crippen LogP contribution < -0.4 is 10.9 Å². The minimum Gasteiger partial charge on any atom is -0.384 e. The van der Waals surface area contributed by atoms with Crippen molar-refractivity contribution in [3.8, 4) is 0 Å². The van der Waals surface area contributed by atoms with Crippen molar-refractivity contribution in [2.24, 2.45) is 0 Å². The van der Waals surface area contributed by atoms with E-state index in [4.69, 9.17) is 4.74 Å². The van der Waals surface area contributed by atoms with Crippen LogP contribution in [0.15, 0.2) is 17.1 Å². The van der Waals surface area contributed by atoms with Crippen LogP contribution in [0.2, 0.25) is 0 Å². The molecule has 1 unspecified atom stereocenters. The first kappa shape index (κ1) is 13.0. The number of nitrogens with one attached hydrogen (secondary N) is 1. The standard InChI is InChI=1S/C12H20N4O2/c1-3-13-10-6-12(17)16(14-7-10)9-11-8-15(2)4-5-18-11/h6-7,11,13H,3-5,8-9H2,1-2H3. The number of nitrogens with zero attached hydrogens (tertiary/aromatic N) is 3. The zero-order valence-electron chi connectivity index (χ0n) is 10.9. The van der Waals surface area contributed by atoms with E-state index >= 15 is 0 Å². The van der Waals surface area contributed by atoms with Crippen LogP contribution in [-0.4, -0.2) is 54.1 Å². The number of likely N-dealkylation sites (N-methyl/N-ethyl adjacent to an activating group) is 1. The van der Waals surface area contributed by atoms with Gasteiger partial charge in [-0.2, -0.15) is 5.10 Å². The van der Waals surface area contributed by atoms with E-state index in [9.17, 15) is 4.79 Å². The molecule has 1 aliphatic heterocycles. The van der Waals surface area contributed by atoms with Crippen LogP contribution in [0.1, 0.15) is 6.92 Å². The third-order valence-electron chi connectivity index (χ3n) is 2.97. The maximum atomic E-state index is 11.9. The van der Waals surface area contributed by atoms with Gasteiger partial charge in [-0.3, -0.25) is 4.79 Å². The molecule has 0 radical (unpaired) electrons. The van der Waals surface area contributed by atoms with Gasteiger partial charge in [0.15, 0.2) is 0 Å². The van der Waals surface area contributed by atoms with Crippen molar-refractivity contribution in [1.29, 1.82) is 0 Å². The summed E-state index contributed by atoms with van der Waals surface area (Å²) >= 11 is 0. The molecule has 1 saturated heterocycles. The molecule has 1 atom stereocenters. The van der Waals surface area contributed by atoms with Gasteiger partial charge in [0.2, 0.25) is 0 Å². The summed E-state index contributed by atoms with van der Waals surface area (Å²) in [7, 11) is 2.06. The summed E-state index contributed by atoms with van der Waals surface area (Å²) in [4.78, 5) is 14.1. The third-order valence-corrected chi connectivity index (χ3v) is 2.97. The van der Waals surface area contributed by atoms with E-state index < -0.39 is 0 Å². The Balaban J connectivity index is 2.02. The average molecular weight is 252 g/mol. The number of hydrogen-bond acceptors (Lipinski definition) is 5. The number of morpholine rings is 1. The van der Waals surface area contributed by atoms with Gasteiger partial charge in [-0.1, -0.05) is 0 Å². The third kappa shape index (κ3) is 3.30. The van der Waals surface area contributed by atoms with Crippen molar-refractivity contribution in [3.63, 3.8) is 0 Å². The van der Waals surface area contributed by atoms with E-state index in [0.29, 0.717) is 13.2 Å². The zero-order chi connectivity index (χ0) is 13.0. The maximum Gasteiger partial charge on any atom is 0.268 e. The fourth-order valence-electron chi connectivity index (χ4n) is 2.04. The molecule has 1 aromatic rings. The van der Waals surface area contributed by atoms with E-state index in [-0.39, 0.29) is 11.7 Å². The molecule has 1 aromatic heterocycles. The highest BCUT2D eigenvalue weighted by Gasteiger charge is 2.18. The second-order valence-electron chi connectivity index (χ2n) is 4.55. The van der Waals surface area contributed by atoms with Gasteiger partial charge in [0.25, 0.3) is 5.56 Å². The van der Waals surface area contributed by atoms with Gasteiger partial charge >= 0.3 is 0 Å². The molecule has 0 bridgehead atoms. The van der Waals surface area contributed by atoms with Crippen molar-refractivity contribution >= 4 is 5.69 Å². The Morgan fingerprint density at radius 3 is 3.11 bits per heavy atom. The van der Waals surface area contributed by atoms with Gasteiger partial charge in [0, 0.05) is 25.7 Å². The van der Waals surface area contributed by atoms with Gasteiger partial charge in [0.05, 0.1) is 31.1 Å². The Bertz CT molecular complexity index is 446. The minimum atomic E-state index is -0.0923. The monoisotopic (exact) mass is 252 g/mol. The molecule has 2 heterocycles. The molecule has 1 aliphatic rings. The molecule has 100 valence electrons. The van der Waals surface area contributed by atoms with E-state index in [1.807, 2.05) is 6.92 Å². The largest absolute Gasteiger partial charge is 0.384 e. The van der Waals surface area contributed by atoms with Gasteiger partial charge < -0.3 is 15.0 Å². The maximum absolute atomic E-state index is 11.9. The van der Waals surface area contributed by atoms with Gasteiger partial charge in [-0.15, -0.1) is 0 Å². The Labute approximate surface area is 107 Å². The number of rotatable bonds is 4. The van der Waals surface area contributed by atoms with Crippen LogP contribution in [0.5, 0.6) is 0 Å². The van der Waals surface area contributed by atoms with E-state index in [1.54, 1.807) is 12.3 Å². The molecule has 1 fully saturated rings. The highest BCUT2D eigenvalue weighted by atomic mass is 16.5. The van der Waals surface area contributed by atoms with Crippen molar-refractivity contribution in [3.05, 3.63) is 22.6 Å². The lowest BCUT2D eigenvalue weighted by atomic mass is 10.3. The quantitative estimate of drug-likeness (QED) is 0.817. The average Bonchev–Trinajstić information content (AvgIpc) is 2.33. The van der Waals surface area contributed by atoms with Gasteiger partial charge in [-0.25, -0.2) is 4.68 Å². The molecule has 6 heteroatoms. The van der Waals surface area contributed by atoms with Gasteiger partial charge in [0.1, 0.15) is 0 Å². The molecule has 2 rings (SSSR count). The molecule has 0 saturated carbocycles. The molecule has 0 aliphatic carbocycles. The lowest BCUT2D eigenvalue weighted by Gasteiger charge is -2.29. The Hall–Kier alpha value is -1.40. The molecule has 0 spiro atoms. The van der Waals surface area contributed by atoms with Crippen molar-refractivity contribution in [1.82, 2.24) is 14.7 Å². The van der Waals surface area contributed by atoms with E-state index in [0.717, 1.165) is 25.3 Å². The van der Waals surface area contributed by atoms with Crippen molar-refractivity contribution in [2.75, 3.05) is 38.6 Å². The predicted molar refractivity (Wildman–Crippen MR) is 69.9 cm³/mol. The van der Waals surface area contributed by atoms with Crippen LogP contribution >= 0.6 is 0 Å². The van der Waals surface area contributed by atoms with Gasteiger partial charge in [-0.05, 0) is 14.0 Å². The Morgan fingerprint density at radius 2 is 2.44 bits per heavy atom. The SMILES string of the molecule is CCNc1cnn(CC2CN(C)CCO2)c(=O)c1. The predicted octanol–water partition coefficient (Wildman–Crippen LogP) is 0.00570. The smallest absolute Gasteiger partial charge is 0.268 e. The molecule has 0 amide bonds. The number of hydrogen-bond donors (Lipinski definition) is 1. The summed E-state index contributed by atoms with van der Waals surface area (Å²) < 4.78 is 7.09. The summed E-state index contributed by atoms with van der Waals surface area (Å²) in [6, 6.07) is 1.57. The fourth-order valence-corrected chi connectivity index (χ4v) is 2.04. The molecule has 1 N–H and O–H groups in total. The van der Waals surface area contributed by atoms with Crippen LogP contribution in [0, 0.1) is 0 Å². The first-order valence-corrected chi connectivity index (χ1v) is 6.30. The molecule has 6 nitrogen and oxygen atoms in total. The summed E-state index contributed by atoms with van der Waals surface area (Å²) in [5.41, 5.74) is 0.672. The fraction of sp³-hybridized carbons (Fsp3) is 0.667. The van der Waals surface area contributed by atoms with Crippen molar-refractivity contribution < 1.29 is 4.74 Å². The normalized spacial score (nSPS) is 20.9.